The maximum atomic E-state index is 10.7. The maximum Gasteiger partial charge on any atom is 0.305 e. The van der Waals surface area contributed by atoms with Crippen LogP contribution in [0.1, 0.15) is 5.56 Å². The molecule has 82 valence electrons. The zero-order valence-electron chi connectivity index (χ0n) is 8.34. The fourth-order valence-corrected chi connectivity index (χ4v) is 1.85. The van der Waals surface area contributed by atoms with E-state index in [9.17, 15) is 4.21 Å². The van der Waals surface area contributed by atoms with Crippen molar-refractivity contribution >= 4 is 11.4 Å². The van der Waals surface area contributed by atoms with Crippen molar-refractivity contribution in [2.24, 2.45) is 0 Å². The first-order chi connectivity index (χ1) is 7.24. The molecule has 0 saturated carbocycles. The van der Waals surface area contributed by atoms with Crippen molar-refractivity contribution in [2.75, 3.05) is 13.2 Å². The van der Waals surface area contributed by atoms with Crippen LogP contribution in [-0.2, 0) is 19.7 Å². The minimum absolute atomic E-state index is 0.243. The smallest absolute Gasteiger partial charge is 0.305 e. The molecule has 0 amide bonds. The van der Waals surface area contributed by atoms with Crippen molar-refractivity contribution in [1.29, 1.82) is 0 Å². The van der Waals surface area contributed by atoms with Crippen molar-refractivity contribution in [2.45, 2.75) is 13.0 Å². The molecule has 1 fully saturated rings. The second kappa shape index (κ2) is 4.74. The average molecular weight is 228 g/mol. The van der Waals surface area contributed by atoms with Gasteiger partial charge in [0.25, 0.3) is 0 Å². The molecule has 0 bridgehead atoms. The number of aryl methyl sites for hydroxylation is 1. The third-order valence-corrected chi connectivity index (χ3v) is 2.78. The van der Waals surface area contributed by atoms with Crippen LogP contribution in [0.2, 0.25) is 0 Å². The summed E-state index contributed by atoms with van der Waals surface area (Å²) in [5, 5.41) is 0. The van der Waals surface area contributed by atoms with Crippen molar-refractivity contribution in [3.8, 4) is 5.75 Å². The molecule has 15 heavy (non-hydrogen) atoms. The summed E-state index contributed by atoms with van der Waals surface area (Å²) in [5.74, 6) is 0.780. The van der Waals surface area contributed by atoms with Gasteiger partial charge in [-0.1, -0.05) is 17.7 Å². The Morgan fingerprint density at radius 1 is 1.47 bits per heavy atom. The molecule has 0 aromatic heterocycles. The largest absolute Gasteiger partial charge is 0.491 e. The average Bonchev–Trinajstić information content (AvgIpc) is 2.64. The van der Waals surface area contributed by atoms with Crippen LogP contribution >= 0.6 is 0 Å². The highest BCUT2D eigenvalue weighted by atomic mass is 32.2. The SMILES string of the molecule is Cc1ccc(OC[C@@H]2CO[S@](=O)O2)cc1. The number of rotatable bonds is 3. The monoisotopic (exact) mass is 228 g/mol. The van der Waals surface area contributed by atoms with Crippen molar-refractivity contribution < 1.29 is 17.3 Å². The van der Waals surface area contributed by atoms with E-state index in [-0.39, 0.29) is 6.10 Å². The number of benzene rings is 1. The second-order valence-electron chi connectivity index (χ2n) is 3.33. The van der Waals surface area contributed by atoms with E-state index in [1.54, 1.807) is 0 Å². The third-order valence-electron chi connectivity index (χ3n) is 2.02. The Hall–Kier alpha value is -0.910. The molecule has 0 spiro atoms. The molecule has 2 atom stereocenters. The van der Waals surface area contributed by atoms with Gasteiger partial charge in [-0.15, -0.1) is 0 Å². The van der Waals surface area contributed by atoms with E-state index in [0.29, 0.717) is 13.2 Å². The normalized spacial score (nSPS) is 25.4. The zero-order valence-corrected chi connectivity index (χ0v) is 9.16. The lowest BCUT2D eigenvalue weighted by molar-refractivity contribution is 0.151. The summed E-state index contributed by atoms with van der Waals surface area (Å²) in [7, 11) is 0. The maximum absolute atomic E-state index is 10.7. The van der Waals surface area contributed by atoms with E-state index in [4.69, 9.17) is 13.1 Å². The van der Waals surface area contributed by atoms with Crippen LogP contribution in [0.4, 0.5) is 0 Å². The highest BCUT2D eigenvalue weighted by Crippen LogP contribution is 2.14. The van der Waals surface area contributed by atoms with Crippen molar-refractivity contribution in [3.63, 3.8) is 0 Å². The van der Waals surface area contributed by atoms with Crippen LogP contribution in [0.25, 0.3) is 0 Å². The first-order valence-corrected chi connectivity index (χ1v) is 5.66. The Morgan fingerprint density at radius 2 is 2.20 bits per heavy atom. The Kier molecular flexibility index (Phi) is 3.35. The molecule has 0 unspecified atom stereocenters. The zero-order chi connectivity index (χ0) is 10.7. The van der Waals surface area contributed by atoms with Gasteiger partial charge in [0.1, 0.15) is 18.5 Å². The Bertz CT molecular complexity index is 349. The van der Waals surface area contributed by atoms with Crippen LogP contribution in [0, 0.1) is 6.92 Å². The van der Waals surface area contributed by atoms with E-state index < -0.39 is 11.4 Å². The molecular weight excluding hydrogens is 216 g/mol. The summed E-state index contributed by atoms with van der Waals surface area (Å²) < 4.78 is 25.8. The van der Waals surface area contributed by atoms with Gasteiger partial charge >= 0.3 is 11.4 Å². The summed E-state index contributed by atoms with van der Waals surface area (Å²) in [5.41, 5.74) is 1.18. The predicted molar refractivity (Wildman–Crippen MR) is 55.6 cm³/mol. The van der Waals surface area contributed by atoms with Crippen LogP contribution in [0.15, 0.2) is 24.3 Å². The molecule has 1 saturated heterocycles. The van der Waals surface area contributed by atoms with Crippen LogP contribution < -0.4 is 4.74 Å². The third kappa shape index (κ3) is 3.02. The van der Waals surface area contributed by atoms with Gasteiger partial charge in [0.15, 0.2) is 0 Å². The summed E-state index contributed by atoms with van der Waals surface area (Å²) in [6.07, 6.45) is -0.243. The summed E-state index contributed by atoms with van der Waals surface area (Å²) in [6, 6.07) is 7.73. The number of ether oxygens (including phenoxy) is 1. The first-order valence-electron chi connectivity index (χ1n) is 4.66. The molecule has 0 N–H and O–H groups in total. The van der Waals surface area contributed by atoms with E-state index in [2.05, 4.69) is 0 Å². The molecule has 1 aromatic carbocycles. The van der Waals surface area contributed by atoms with Gasteiger partial charge in [0.05, 0.1) is 6.61 Å². The van der Waals surface area contributed by atoms with Crippen molar-refractivity contribution in [3.05, 3.63) is 29.8 Å². The lowest BCUT2D eigenvalue weighted by Gasteiger charge is -2.08. The number of hydrogen-bond acceptors (Lipinski definition) is 4. The topological polar surface area (TPSA) is 44.8 Å². The highest BCUT2D eigenvalue weighted by molar-refractivity contribution is 7.75. The molecule has 1 aliphatic heterocycles. The molecule has 5 heteroatoms. The van der Waals surface area contributed by atoms with Crippen LogP contribution in [0.5, 0.6) is 5.75 Å². The fraction of sp³-hybridized carbons (Fsp3) is 0.400. The first kappa shape index (κ1) is 10.6. The summed E-state index contributed by atoms with van der Waals surface area (Å²) in [6.45, 7) is 2.69. The predicted octanol–water partition coefficient (Wildman–Crippen LogP) is 1.37. The molecule has 1 aliphatic rings. The molecular formula is C10H12O4S. The molecule has 0 radical (unpaired) electrons. The highest BCUT2D eigenvalue weighted by Gasteiger charge is 2.23. The minimum atomic E-state index is -1.59. The Balaban J connectivity index is 1.83. The standard InChI is InChI=1S/C10H12O4S/c1-8-2-4-9(5-3-8)12-6-10-7-13-15(11)14-10/h2-5,10H,6-7H2,1H3/t10-,15+/m1/s1. The molecule has 4 nitrogen and oxygen atoms in total. The van der Waals surface area contributed by atoms with Gasteiger partial charge < -0.3 is 4.74 Å². The Morgan fingerprint density at radius 3 is 2.80 bits per heavy atom. The quantitative estimate of drug-likeness (QED) is 0.783. The number of hydrogen-bond donors (Lipinski definition) is 0. The molecule has 2 rings (SSSR count). The second-order valence-corrected chi connectivity index (χ2v) is 4.17. The van der Waals surface area contributed by atoms with E-state index in [1.165, 1.54) is 5.56 Å². The molecule has 0 aliphatic carbocycles. The van der Waals surface area contributed by atoms with E-state index in [1.807, 2.05) is 31.2 Å². The summed E-state index contributed by atoms with van der Waals surface area (Å²) in [4.78, 5) is 0. The van der Waals surface area contributed by atoms with E-state index >= 15 is 0 Å². The van der Waals surface area contributed by atoms with Crippen LogP contribution in [0.3, 0.4) is 0 Å². The van der Waals surface area contributed by atoms with Crippen LogP contribution in [-0.4, -0.2) is 23.5 Å². The fourth-order valence-electron chi connectivity index (χ4n) is 1.20. The van der Waals surface area contributed by atoms with Gasteiger partial charge in [-0.25, -0.2) is 0 Å². The van der Waals surface area contributed by atoms with Gasteiger partial charge in [-0.3, -0.25) is 8.37 Å². The summed E-state index contributed by atoms with van der Waals surface area (Å²) >= 11 is -1.59. The van der Waals surface area contributed by atoms with Crippen molar-refractivity contribution in [1.82, 2.24) is 0 Å². The lowest BCUT2D eigenvalue weighted by atomic mass is 10.2. The molecule has 1 aromatic rings. The molecule has 1 heterocycles. The lowest BCUT2D eigenvalue weighted by Crippen LogP contribution is -2.19. The minimum Gasteiger partial charge on any atom is -0.491 e. The van der Waals surface area contributed by atoms with E-state index in [0.717, 1.165) is 5.75 Å². The Labute approximate surface area is 91.0 Å². The van der Waals surface area contributed by atoms with Gasteiger partial charge in [-0.05, 0) is 19.1 Å². The van der Waals surface area contributed by atoms with Gasteiger partial charge in [0, 0.05) is 0 Å². The van der Waals surface area contributed by atoms with Gasteiger partial charge in [0.2, 0.25) is 0 Å². The van der Waals surface area contributed by atoms with Gasteiger partial charge in [-0.2, -0.15) is 4.21 Å².